The highest BCUT2D eigenvalue weighted by molar-refractivity contribution is 7.85. The maximum absolute atomic E-state index is 12.4. The average Bonchev–Trinajstić information content (AvgIpc) is 3.00. The number of carbonyl (C=O) groups is 1. The Kier molecular flexibility index (Phi) is 31.5. The zero-order valence-corrected chi connectivity index (χ0v) is 30.1. The summed E-state index contributed by atoms with van der Waals surface area (Å²) >= 11 is 0. The van der Waals surface area contributed by atoms with Crippen molar-refractivity contribution in [2.24, 2.45) is 0 Å². The molecule has 0 aliphatic rings. The van der Waals surface area contributed by atoms with E-state index in [0.717, 1.165) is 32.1 Å². The van der Waals surface area contributed by atoms with E-state index in [1.807, 2.05) is 0 Å². The number of unbranched alkanes of at least 4 members (excludes halogenated alkanes) is 21. The molecule has 0 saturated heterocycles. The summed E-state index contributed by atoms with van der Waals surface area (Å²) in [7, 11) is -4.35. The maximum atomic E-state index is 12.4. The number of hydrogen-bond donors (Lipinski definition) is 3. The van der Waals surface area contributed by atoms with Crippen LogP contribution in [0.4, 0.5) is 0 Å². The first-order chi connectivity index (χ1) is 21.8. The van der Waals surface area contributed by atoms with Crippen molar-refractivity contribution in [2.45, 2.75) is 193 Å². The van der Waals surface area contributed by atoms with Crippen LogP contribution in [0, 0.1) is 0 Å². The van der Waals surface area contributed by atoms with E-state index in [1.165, 1.54) is 128 Å². The minimum atomic E-state index is -4.35. The number of nitrogens with one attached hydrogen (secondary N) is 1. The average molecular weight is 654 g/mol. The van der Waals surface area contributed by atoms with E-state index in [2.05, 4.69) is 43.5 Å². The Morgan fingerprint density at radius 2 is 0.956 bits per heavy atom. The van der Waals surface area contributed by atoms with Crippen LogP contribution in [0.15, 0.2) is 36.5 Å². The second-order valence-electron chi connectivity index (χ2n) is 12.8. The summed E-state index contributed by atoms with van der Waals surface area (Å²) in [5, 5.41) is 13.1. The highest BCUT2D eigenvalue weighted by Crippen LogP contribution is 2.13. The van der Waals surface area contributed by atoms with Gasteiger partial charge in [-0.15, -0.1) is 0 Å². The second kappa shape index (κ2) is 32.5. The fourth-order valence-electron chi connectivity index (χ4n) is 5.46. The molecule has 6 nitrogen and oxygen atoms in total. The minimum Gasteiger partial charge on any atom is -0.387 e. The molecule has 3 N–H and O–H groups in total. The van der Waals surface area contributed by atoms with Crippen LogP contribution in [0.3, 0.4) is 0 Å². The fraction of sp³-hybridized carbons (Fsp3) is 0.816. The van der Waals surface area contributed by atoms with Crippen LogP contribution in [0.2, 0.25) is 0 Å². The van der Waals surface area contributed by atoms with Crippen molar-refractivity contribution >= 4 is 16.0 Å². The molecule has 0 aliphatic heterocycles. The van der Waals surface area contributed by atoms with Gasteiger partial charge in [0, 0.05) is 6.42 Å². The lowest BCUT2D eigenvalue weighted by Gasteiger charge is -2.21. The van der Waals surface area contributed by atoms with Gasteiger partial charge in [0.15, 0.2) is 0 Å². The molecule has 0 bridgehead atoms. The van der Waals surface area contributed by atoms with Crippen molar-refractivity contribution in [3.63, 3.8) is 0 Å². The van der Waals surface area contributed by atoms with E-state index in [0.29, 0.717) is 6.42 Å². The van der Waals surface area contributed by atoms with Crippen LogP contribution >= 0.6 is 0 Å². The Bertz CT molecular complexity index is 852. The first kappa shape index (κ1) is 43.6. The van der Waals surface area contributed by atoms with Gasteiger partial charge in [-0.05, 0) is 57.8 Å². The molecule has 2 unspecified atom stereocenters. The van der Waals surface area contributed by atoms with Crippen LogP contribution < -0.4 is 5.32 Å². The van der Waals surface area contributed by atoms with Crippen molar-refractivity contribution in [2.75, 3.05) is 5.75 Å². The molecule has 0 radical (unpaired) electrons. The van der Waals surface area contributed by atoms with Gasteiger partial charge in [0.1, 0.15) is 0 Å². The minimum absolute atomic E-state index is 0.286. The Balaban J connectivity index is 3.95. The van der Waals surface area contributed by atoms with Gasteiger partial charge in [0.25, 0.3) is 10.1 Å². The zero-order valence-electron chi connectivity index (χ0n) is 29.2. The lowest BCUT2D eigenvalue weighted by atomic mass is 10.0. The SMILES string of the molecule is CCCCCCC/C=C/CC/C=C/C(O)C(CS(=O)(=O)O)NC(=O)CCCCCCCCCCC/C=C\CCCCCCCC. The van der Waals surface area contributed by atoms with Crippen LogP contribution in [-0.4, -0.2) is 41.9 Å². The predicted octanol–water partition coefficient (Wildman–Crippen LogP) is 10.6. The number of amides is 1. The summed E-state index contributed by atoms with van der Waals surface area (Å²) in [4.78, 5) is 12.4. The quantitative estimate of drug-likeness (QED) is 0.0371. The third-order valence-electron chi connectivity index (χ3n) is 8.29. The van der Waals surface area contributed by atoms with Gasteiger partial charge >= 0.3 is 0 Å². The van der Waals surface area contributed by atoms with E-state index in [9.17, 15) is 22.9 Å². The third kappa shape index (κ3) is 33.7. The summed E-state index contributed by atoms with van der Waals surface area (Å²) in [5.74, 6) is -1.00. The van der Waals surface area contributed by atoms with E-state index in [-0.39, 0.29) is 12.3 Å². The van der Waals surface area contributed by atoms with Crippen molar-refractivity contribution in [1.29, 1.82) is 0 Å². The molecule has 0 rings (SSSR count). The van der Waals surface area contributed by atoms with E-state index in [1.54, 1.807) is 6.08 Å². The van der Waals surface area contributed by atoms with Crippen LogP contribution in [0.5, 0.6) is 0 Å². The van der Waals surface area contributed by atoms with Crippen molar-refractivity contribution in [3.05, 3.63) is 36.5 Å². The van der Waals surface area contributed by atoms with E-state index < -0.39 is 28.0 Å². The molecule has 0 aromatic rings. The van der Waals surface area contributed by atoms with Gasteiger partial charge < -0.3 is 10.4 Å². The summed E-state index contributed by atoms with van der Waals surface area (Å²) in [6.45, 7) is 4.48. The van der Waals surface area contributed by atoms with Crippen molar-refractivity contribution in [1.82, 2.24) is 5.32 Å². The molecule has 0 fully saturated rings. The van der Waals surface area contributed by atoms with Crippen molar-refractivity contribution in [3.8, 4) is 0 Å². The van der Waals surface area contributed by atoms with E-state index in [4.69, 9.17) is 0 Å². The molecule has 45 heavy (non-hydrogen) atoms. The maximum Gasteiger partial charge on any atom is 0.267 e. The predicted molar refractivity (Wildman–Crippen MR) is 193 cm³/mol. The molecule has 264 valence electrons. The molecule has 0 aliphatic carbocycles. The zero-order chi connectivity index (χ0) is 33.3. The summed E-state index contributed by atoms with van der Waals surface area (Å²) in [5.41, 5.74) is 0. The van der Waals surface area contributed by atoms with Gasteiger partial charge in [-0.3, -0.25) is 9.35 Å². The number of rotatable bonds is 33. The Hall–Kier alpha value is -1.44. The molecule has 0 aromatic heterocycles. The Morgan fingerprint density at radius 1 is 0.578 bits per heavy atom. The molecular formula is C38H71NO5S. The highest BCUT2D eigenvalue weighted by atomic mass is 32.2. The molecule has 0 spiro atoms. The first-order valence-electron chi connectivity index (χ1n) is 18.7. The number of carbonyl (C=O) groups excluding carboxylic acids is 1. The normalized spacial score (nSPS) is 13.8. The van der Waals surface area contributed by atoms with Crippen LogP contribution in [0.25, 0.3) is 0 Å². The monoisotopic (exact) mass is 654 g/mol. The first-order valence-corrected chi connectivity index (χ1v) is 20.3. The third-order valence-corrected chi connectivity index (χ3v) is 9.07. The summed E-state index contributed by atoms with van der Waals surface area (Å²) < 4.78 is 32.3. The van der Waals surface area contributed by atoms with Crippen molar-refractivity contribution < 1.29 is 22.9 Å². The topological polar surface area (TPSA) is 104 Å². The lowest BCUT2D eigenvalue weighted by Crippen LogP contribution is -2.46. The summed E-state index contributed by atoms with van der Waals surface area (Å²) in [6, 6.07) is -1.07. The second-order valence-corrected chi connectivity index (χ2v) is 14.3. The molecular weight excluding hydrogens is 582 g/mol. The Morgan fingerprint density at radius 3 is 1.40 bits per heavy atom. The number of aliphatic hydroxyl groups is 1. The van der Waals surface area contributed by atoms with Gasteiger partial charge in [0.2, 0.25) is 5.91 Å². The summed E-state index contributed by atoms with van der Waals surface area (Å²) in [6.07, 6.45) is 41.3. The highest BCUT2D eigenvalue weighted by Gasteiger charge is 2.24. The number of aliphatic hydroxyl groups excluding tert-OH is 1. The molecule has 2 atom stereocenters. The number of hydrogen-bond acceptors (Lipinski definition) is 4. The standard InChI is InChI=1S/C38H71NO5S/c1-3-5-7-9-11-13-15-16-17-18-19-20-21-22-24-26-28-30-32-34-38(41)39-36(35-45(42,43)44)37(40)33-31-29-27-25-23-14-12-10-8-6-4-2/h16-17,23,25,31,33,36-37,40H,3-15,18-22,24,26-30,32,34-35H2,1-2H3,(H,39,41)(H,42,43,44)/b17-16-,25-23+,33-31+. The van der Waals surface area contributed by atoms with Crippen LogP contribution in [-0.2, 0) is 14.9 Å². The Labute approximate surface area is 278 Å². The fourth-order valence-corrected chi connectivity index (χ4v) is 6.19. The van der Waals surface area contributed by atoms with Crippen LogP contribution in [0.1, 0.15) is 181 Å². The molecule has 1 amide bonds. The van der Waals surface area contributed by atoms with Gasteiger partial charge in [-0.25, -0.2) is 0 Å². The smallest absolute Gasteiger partial charge is 0.267 e. The van der Waals surface area contributed by atoms with E-state index >= 15 is 0 Å². The molecule has 0 heterocycles. The molecule has 0 aromatic carbocycles. The lowest BCUT2D eigenvalue weighted by molar-refractivity contribution is -0.122. The molecule has 7 heteroatoms. The largest absolute Gasteiger partial charge is 0.387 e. The molecule has 0 saturated carbocycles. The van der Waals surface area contributed by atoms with Gasteiger partial charge in [-0.2, -0.15) is 8.42 Å². The van der Waals surface area contributed by atoms with Gasteiger partial charge in [0.05, 0.1) is 17.9 Å². The van der Waals surface area contributed by atoms with Gasteiger partial charge in [-0.1, -0.05) is 153 Å². The number of allylic oxidation sites excluding steroid dienone is 5.